The topological polar surface area (TPSA) is 84.9 Å². The van der Waals surface area contributed by atoms with Crippen LogP contribution in [0.3, 0.4) is 0 Å². The van der Waals surface area contributed by atoms with Gasteiger partial charge in [0.05, 0.1) is 12.8 Å². The summed E-state index contributed by atoms with van der Waals surface area (Å²) < 4.78 is 37.5. The van der Waals surface area contributed by atoms with E-state index in [-0.39, 0.29) is 22.8 Å². The molecule has 1 N–H and O–H groups in total. The second-order valence-electron chi connectivity index (χ2n) is 7.54. The van der Waals surface area contributed by atoms with Gasteiger partial charge in [-0.25, -0.2) is 8.42 Å². The number of nitrogens with zero attached hydrogens (tertiary/aromatic N) is 1. The number of methoxy groups -OCH3 is 1. The van der Waals surface area contributed by atoms with Gasteiger partial charge in [-0.15, -0.1) is 11.3 Å². The van der Waals surface area contributed by atoms with Crippen LogP contribution in [0.15, 0.2) is 70.3 Å². The fraction of sp³-hybridized carbons (Fsp3) is 0.292. The summed E-state index contributed by atoms with van der Waals surface area (Å²) in [4.78, 5) is 12.2. The molecule has 0 aliphatic carbocycles. The molecule has 0 aliphatic rings. The first-order chi connectivity index (χ1) is 15.8. The molecule has 0 radical (unpaired) electrons. The molecule has 1 unspecified atom stereocenters. The van der Waals surface area contributed by atoms with Crippen molar-refractivity contribution in [1.29, 1.82) is 0 Å². The van der Waals surface area contributed by atoms with E-state index in [1.807, 2.05) is 31.2 Å². The molecule has 2 aromatic carbocycles. The average Bonchev–Trinajstić information content (AvgIpc) is 3.38. The van der Waals surface area contributed by atoms with Gasteiger partial charge in [0, 0.05) is 13.1 Å². The highest BCUT2D eigenvalue weighted by Crippen LogP contribution is 2.26. The quantitative estimate of drug-likeness (QED) is 0.439. The predicted molar refractivity (Wildman–Crippen MR) is 131 cm³/mol. The fourth-order valence-electron chi connectivity index (χ4n) is 3.15. The number of carbonyl (C=O) groups is 1. The molecular weight excluding hydrogens is 460 g/mol. The Morgan fingerprint density at radius 3 is 2.33 bits per heavy atom. The van der Waals surface area contributed by atoms with Crippen LogP contribution in [0.25, 0.3) is 0 Å². The third-order valence-corrected chi connectivity index (χ3v) is 8.27. The van der Waals surface area contributed by atoms with Gasteiger partial charge in [0.2, 0.25) is 0 Å². The largest absolute Gasteiger partial charge is 0.497 e. The Morgan fingerprint density at radius 2 is 1.73 bits per heavy atom. The number of amides is 1. The van der Waals surface area contributed by atoms with E-state index in [2.05, 4.69) is 5.32 Å². The molecule has 3 aromatic rings. The molecule has 33 heavy (non-hydrogen) atoms. The van der Waals surface area contributed by atoms with Gasteiger partial charge in [0.15, 0.2) is 6.61 Å². The number of sulfonamides is 1. The van der Waals surface area contributed by atoms with Crippen LogP contribution in [0, 0.1) is 0 Å². The number of anilines is 1. The molecule has 0 saturated carbocycles. The lowest BCUT2D eigenvalue weighted by Crippen LogP contribution is -2.36. The number of carbonyl (C=O) groups excluding carboxylic acids is 1. The predicted octanol–water partition coefficient (Wildman–Crippen LogP) is 4.10. The van der Waals surface area contributed by atoms with E-state index in [1.165, 1.54) is 28.3 Å². The first kappa shape index (κ1) is 24.6. The Labute approximate surface area is 199 Å². The first-order valence-corrected chi connectivity index (χ1v) is 12.8. The minimum Gasteiger partial charge on any atom is -0.497 e. The normalized spacial score (nSPS) is 12.1. The maximum absolute atomic E-state index is 12.6. The second kappa shape index (κ2) is 11.2. The lowest BCUT2D eigenvalue weighted by molar-refractivity contribution is -0.123. The fourth-order valence-corrected chi connectivity index (χ4v) is 5.51. The monoisotopic (exact) mass is 488 g/mol. The van der Waals surface area contributed by atoms with Crippen molar-refractivity contribution in [2.75, 3.05) is 25.1 Å². The number of thiophene rings is 1. The van der Waals surface area contributed by atoms with Gasteiger partial charge in [-0.2, -0.15) is 0 Å². The molecule has 1 aromatic heterocycles. The van der Waals surface area contributed by atoms with Crippen molar-refractivity contribution in [2.45, 2.75) is 30.0 Å². The summed E-state index contributed by atoms with van der Waals surface area (Å²) in [6.45, 7) is 1.84. The van der Waals surface area contributed by atoms with Crippen LogP contribution in [0.2, 0.25) is 0 Å². The minimum atomic E-state index is -3.59. The van der Waals surface area contributed by atoms with E-state index in [0.717, 1.165) is 18.6 Å². The zero-order chi connectivity index (χ0) is 23.8. The van der Waals surface area contributed by atoms with Crippen molar-refractivity contribution in [1.82, 2.24) is 5.32 Å². The van der Waals surface area contributed by atoms with E-state index < -0.39 is 10.0 Å². The van der Waals surface area contributed by atoms with Gasteiger partial charge in [-0.3, -0.25) is 9.10 Å². The van der Waals surface area contributed by atoms with Crippen molar-refractivity contribution in [3.05, 3.63) is 71.6 Å². The molecule has 1 atom stereocenters. The standard InChI is InChI=1S/C24H28N2O5S2/c1-18(6-7-19-8-12-21(30-3)13-9-19)25-23(27)17-31-22-14-10-20(11-15-22)26(2)33(28,29)24-5-4-16-32-24/h4-5,8-16,18H,6-7,17H2,1-3H3,(H,25,27). The number of benzene rings is 2. The summed E-state index contributed by atoms with van der Waals surface area (Å²) >= 11 is 1.17. The van der Waals surface area contributed by atoms with E-state index in [0.29, 0.717) is 11.4 Å². The highest BCUT2D eigenvalue weighted by Gasteiger charge is 2.22. The van der Waals surface area contributed by atoms with Crippen LogP contribution < -0.4 is 19.1 Å². The molecule has 0 aliphatic heterocycles. The maximum Gasteiger partial charge on any atom is 0.273 e. The number of aryl methyl sites for hydroxylation is 1. The Kier molecular flexibility index (Phi) is 8.35. The summed E-state index contributed by atoms with van der Waals surface area (Å²) in [5, 5.41) is 4.66. The van der Waals surface area contributed by atoms with E-state index in [4.69, 9.17) is 9.47 Å². The highest BCUT2D eigenvalue weighted by atomic mass is 32.2. The van der Waals surface area contributed by atoms with Crippen LogP contribution in [0.5, 0.6) is 11.5 Å². The SMILES string of the molecule is COc1ccc(CCC(C)NC(=O)COc2ccc(N(C)S(=O)(=O)c3cccs3)cc2)cc1. The second-order valence-corrected chi connectivity index (χ2v) is 10.7. The average molecular weight is 489 g/mol. The highest BCUT2D eigenvalue weighted by molar-refractivity contribution is 7.94. The van der Waals surface area contributed by atoms with Crippen LogP contribution in [-0.4, -0.2) is 41.1 Å². The van der Waals surface area contributed by atoms with Crippen molar-refractivity contribution in [2.24, 2.45) is 0 Å². The van der Waals surface area contributed by atoms with Gasteiger partial charge in [-0.05, 0) is 73.2 Å². The van der Waals surface area contributed by atoms with Crippen LogP contribution >= 0.6 is 11.3 Å². The summed E-state index contributed by atoms with van der Waals surface area (Å²) in [5.74, 6) is 1.10. The minimum absolute atomic E-state index is 0.00156. The molecule has 1 amide bonds. The molecule has 0 saturated heterocycles. The van der Waals surface area contributed by atoms with Crippen molar-refractivity contribution < 1.29 is 22.7 Å². The smallest absolute Gasteiger partial charge is 0.273 e. The summed E-state index contributed by atoms with van der Waals surface area (Å²) in [7, 11) is -0.446. The van der Waals surface area contributed by atoms with Crippen LogP contribution in [-0.2, 0) is 21.2 Å². The van der Waals surface area contributed by atoms with Crippen molar-refractivity contribution in [3.8, 4) is 11.5 Å². The van der Waals surface area contributed by atoms with Crippen LogP contribution in [0.1, 0.15) is 18.9 Å². The van der Waals surface area contributed by atoms with Crippen molar-refractivity contribution in [3.63, 3.8) is 0 Å². The number of hydrogen-bond donors (Lipinski definition) is 1. The van der Waals surface area contributed by atoms with Gasteiger partial charge in [0.25, 0.3) is 15.9 Å². The molecule has 176 valence electrons. The third kappa shape index (κ3) is 6.72. The number of rotatable bonds is 11. The number of ether oxygens (including phenoxy) is 2. The molecule has 9 heteroatoms. The molecular formula is C24H28N2O5S2. The zero-order valence-corrected chi connectivity index (χ0v) is 20.5. The zero-order valence-electron chi connectivity index (χ0n) is 18.9. The van der Waals surface area contributed by atoms with Gasteiger partial charge in [-0.1, -0.05) is 18.2 Å². The van der Waals surface area contributed by atoms with E-state index in [1.54, 1.807) is 48.9 Å². The third-order valence-electron chi connectivity index (χ3n) is 5.11. The Morgan fingerprint density at radius 1 is 1.06 bits per heavy atom. The Hall–Kier alpha value is -3.04. The van der Waals surface area contributed by atoms with Gasteiger partial charge < -0.3 is 14.8 Å². The lowest BCUT2D eigenvalue weighted by Gasteiger charge is -2.19. The molecule has 0 spiro atoms. The van der Waals surface area contributed by atoms with Crippen molar-refractivity contribution >= 4 is 33.0 Å². The van der Waals surface area contributed by atoms with E-state index in [9.17, 15) is 13.2 Å². The molecule has 0 bridgehead atoms. The molecule has 1 heterocycles. The summed E-state index contributed by atoms with van der Waals surface area (Å²) in [6.07, 6.45) is 1.65. The summed E-state index contributed by atoms with van der Waals surface area (Å²) in [6, 6.07) is 17.8. The van der Waals surface area contributed by atoms with Gasteiger partial charge in [0.1, 0.15) is 15.7 Å². The maximum atomic E-state index is 12.6. The van der Waals surface area contributed by atoms with Gasteiger partial charge >= 0.3 is 0 Å². The number of nitrogens with one attached hydrogen (secondary N) is 1. The molecule has 7 nitrogen and oxygen atoms in total. The first-order valence-electron chi connectivity index (χ1n) is 10.5. The molecule has 3 rings (SSSR count). The number of hydrogen-bond acceptors (Lipinski definition) is 6. The Balaban J connectivity index is 1.45. The molecule has 0 fully saturated rings. The van der Waals surface area contributed by atoms with Crippen LogP contribution in [0.4, 0.5) is 5.69 Å². The lowest BCUT2D eigenvalue weighted by atomic mass is 10.1. The Bertz CT molecular complexity index is 1130. The summed E-state index contributed by atoms with van der Waals surface area (Å²) in [5.41, 5.74) is 1.69. The van der Waals surface area contributed by atoms with E-state index >= 15 is 0 Å².